The standard InChI is InChI=1S/C26H28N4O5S/c1-18-13-14-24(35-3)23(15-18)30(36(4,33)34)17-25(31)29-28-19(2)21-11-8-12-22(16-21)27-26(32)20-9-6-5-7-10-20/h5-16H,17H2,1-4H3,(H,27,32)(H,29,31)/b28-19-. The summed E-state index contributed by atoms with van der Waals surface area (Å²) in [6, 6.07) is 20.9. The van der Waals surface area contributed by atoms with Crippen molar-refractivity contribution in [1.82, 2.24) is 5.43 Å². The quantitative estimate of drug-likeness (QED) is 0.339. The van der Waals surface area contributed by atoms with Crippen molar-refractivity contribution < 1.29 is 22.7 Å². The number of amides is 2. The molecule has 0 aliphatic rings. The summed E-state index contributed by atoms with van der Waals surface area (Å²) in [5.74, 6) is -0.548. The molecule has 2 N–H and O–H groups in total. The predicted octanol–water partition coefficient (Wildman–Crippen LogP) is 3.56. The number of aryl methyl sites for hydroxylation is 1. The summed E-state index contributed by atoms with van der Waals surface area (Å²) in [5.41, 5.74) is 5.72. The van der Waals surface area contributed by atoms with E-state index in [0.717, 1.165) is 16.1 Å². The number of benzene rings is 3. The van der Waals surface area contributed by atoms with Gasteiger partial charge in [0.15, 0.2) is 0 Å². The fraction of sp³-hybridized carbons (Fsp3) is 0.192. The van der Waals surface area contributed by atoms with E-state index in [1.807, 2.05) is 13.0 Å². The van der Waals surface area contributed by atoms with Gasteiger partial charge in [0, 0.05) is 11.3 Å². The van der Waals surface area contributed by atoms with Gasteiger partial charge in [-0.15, -0.1) is 0 Å². The summed E-state index contributed by atoms with van der Waals surface area (Å²) < 4.78 is 31.2. The topological polar surface area (TPSA) is 117 Å². The molecule has 10 heteroatoms. The molecule has 0 saturated carbocycles. The molecular formula is C26H28N4O5S. The average Bonchev–Trinajstić information content (AvgIpc) is 2.85. The Morgan fingerprint density at radius 1 is 0.972 bits per heavy atom. The van der Waals surface area contributed by atoms with Crippen molar-refractivity contribution in [2.24, 2.45) is 5.10 Å². The minimum atomic E-state index is -3.79. The molecule has 2 amide bonds. The van der Waals surface area contributed by atoms with E-state index in [1.165, 1.54) is 7.11 Å². The zero-order chi connectivity index (χ0) is 26.3. The van der Waals surface area contributed by atoms with Crippen LogP contribution in [0.2, 0.25) is 0 Å². The van der Waals surface area contributed by atoms with E-state index in [4.69, 9.17) is 4.74 Å². The van der Waals surface area contributed by atoms with Crippen molar-refractivity contribution >= 4 is 38.9 Å². The Hall–Kier alpha value is -4.18. The predicted molar refractivity (Wildman–Crippen MR) is 141 cm³/mol. The molecule has 9 nitrogen and oxygen atoms in total. The zero-order valence-electron chi connectivity index (χ0n) is 20.5. The van der Waals surface area contributed by atoms with E-state index in [0.29, 0.717) is 28.3 Å². The van der Waals surface area contributed by atoms with Crippen LogP contribution >= 0.6 is 0 Å². The fourth-order valence-electron chi connectivity index (χ4n) is 3.37. The van der Waals surface area contributed by atoms with Crippen molar-refractivity contribution in [3.05, 3.63) is 89.5 Å². The van der Waals surface area contributed by atoms with Crippen LogP contribution in [0.1, 0.15) is 28.4 Å². The maximum absolute atomic E-state index is 12.6. The number of carbonyl (C=O) groups excluding carboxylic acids is 2. The van der Waals surface area contributed by atoms with E-state index >= 15 is 0 Å². The van der Waals surface area contributed by atoms with Crippen LogP contribution in [0.3, 0.4) is 0 Å². The summed E-state index contributed by atoms with van der Waals surface area (Å²) in [5, 5.41) is 6.94. The van der Waals surface area contributed by atoms with Crippen LogP contribution in [0.4, 0.5) is 11.4 Å². The zero-order valence-corrected chi connectivity index (χ0v) is 21.3. The number of hydrogen-bond acceptors (Lipinski definition) is 6. The first-order valence-corrected chi connectivity index (χ1v) is 12.9. The number of anilines is 2. The minimum absolute atomic E-state index is 0.247. The monoisotopic (exact) mass is 508 g/mol. The van der Waals surface area contributed by atoms with Crippen LogP contribution in [0.15, 0.2) is 77.9 Å². The Morgan fingerprint density at radius 2 is 1.67 bits per heavy atom. The van der Waals surface area contributed by atoms with E-state index < -0.39 is 22.5 Å². The molecule has 0 fully saturated rings. The lowest BCUT2D eigenvalue weighted by molar-refractivity contribution is -0.119. The number of rotatable bonds is 9. The van der Waals surface area contributed by atoms with Gasteiger partial charge in [0.25, 0.3) is 11.8 Å². The minimum Gasteiger partial charge on any atom is -0.495 e. The normalized spacial score (nSPS) is 11.5. The first kappa shape index (κ1) is 26.4. The highest BCUT2D eigenvalue weighted by atomic mass is 32.2. The summed E-state index contributed by atoms with van der Waals surface area (Å²) in [6.45, 7) is 3.02. The SMILES string of the molecule is COc1ccc(C)cc1N(CC(=O)N/N=C(/C)c1cccc(NC(=O)c2ccccc2)c1)S(C)(=O)=O. The summed E-state index contributed by atoms with van der Waals surface area (Å²) in [4.78, 5) is 25.1. The van der Waals surface area contributed by atoms with Crippen molar-refractivity contribution in [3.63, 3.8) is 0 Å². The molecule has 36 heavy (non-hydrogen) atoms. The number of nitrogens with zero attached hydrogens (tertiary/aromatic N) is 2. The Balaban J connectivity index is 1.73. The van der Waals surface area contributed by atoms with Gasteiger partial charge in [-0.05, 0) is 61.4 Å². The molecular weight excluding hydrogens is 480 g/mol. The van der Waals surface area contributed by atoms with Gasteiger partial charge in [-0.25, -0.2) is 13.8 Å². The van der Waals surface area contributed by atoms with E-state index in [-0.39, 0.29) is 11.6 Å². The maximum Gasteiger partial charge on any atom is 0.260 e. The molecule has 0 atom stereocenters. The largest absolute Gasteiger partial charge is 0.495 e. The molecule has 0 radical (unpaired) electrons. The Bertz CT molecular complexity index is 1390. The number of methoxy groups -OCH3 is 1. The number of hydrazone groups is 1. The van der Waals surface area contributed by atoms with Gasteiger partial charge in [0.1, 0.15) is 12.3 Å². The van der Waals surface area contributed by atoms with Crippen molar-refractivity contribution in [3.8, 4) is 5.75 Å². The van der Waals surface area contributed by atoms with Crippen molar-refractivity contribution in [1.29, 1.82) is 0 Å². The highest BCUT2D eigenvalue weighted by Crippen LogP contribution is 2.30. The maximum atomic E-state index is 12.6. The van der Waals surface area contributed by atoms with E-state index in [1.54, 1.807) is 73.7 Å². The Kier molecular flexibility index (Phi) is 8.44. The molecule has 0 spiro atoms. The van der Waals surface area contributed by atoms with Gasteiger partial charge in [-0.3, -0.25) is 13.9 Å². The van der Waals surface area contributed by atoms with Crippen molar-refractivity contribution in [2.45, 2.75) is 13.8 Å². The molecule has 3 aromatic carbocycles. The van der Waals surface area contributed by atoms with Crippen LogP contribution in [0.25, 0.3) is 0 Å². The first-order valence-electron chi connectivity index (χ1n) is 11.0. The number of sulfonamides is 1. The Morgan fingerprint density at radius 3 is 2.33 bits per heavy atom. The van der Waals surface area contributed by atoms with Crippen molar-refractivity contribution in [2.75, 3.05) is 29.5 Å². The summed E-state index contributed by atoms with van der Waals surface area (Å²) >= 11 is 0. The molecule has 0 unspecified atom stereocenters. The molecule has 0 bridgehead atoms. The highest BCUT2D eigenvalue weighted by molar-refractivity contribution is 7.92. The second-order valence-corrected chi connectivity index (χ2v) is 9.98. The first-order chi connectivity index (χ1) is 17.1. The van der Waals surface area contributed by atoms with Crippen LogP contribution in [-0.4, -0.2) is 45.9 Å². The van der Waals surface area contributed by atoms with Gasteiger partial charge in [0.2, 0.25) is 10.0 Å². The second-order valence-electron chi connectivity index (χ2n) is 8.08. The fourth-order valence-corrected chi connectivity index (χ4v) is 4.22. The van der Waals surface area contributed by atoms with Gasteiger partial charge >= 0.3 is 0 Å². The Labute approximate surface area is 210 Å². The molecule has 3 aromatic rings. The number of carbonyl (C=O) groups is 2. The molecule has 0 aromatic heterocycles. The third-order valence-electron chi connectivity index (χ3n) is 5.21. The van der Waals surface area contributed by atoms with Gasteiger partial charge in [0.05, 0.1) is 24.8 Å². The third-order valence-corrected chi connectivity index (χ3v) is 6.34. The molecule has 188 valence electrons. The van der Waals surface area contributed by atoms with Gasteiger partial charge < -0.3 is 10.1 Å². The molecule has 0 aliphatic carbocycles. The van der Waals surface area contributed by atoms with Gasteiger partial charge in [-0.2, -0.15) is 5.10 Å². The molecule has 0 heterocycles. The van der Waals surface area contributed by atoms with Crippen LogP contribution in [0, 0.1) is 6.92 Å². The van der Waals surface area contributed by atoms with Crippen LogP contribution in [0.5, 0.6) is 5.75 Å². The lowest BCUT2D eigenvalue weighted by Gasteiger charge is -2.23. The molecule has 3 rings (SSSR count). The van der Waals surface area contributed by atoms with E-state index in [2.05, 4.69) is 15.8 Å². The summed E-state index contributed by atoms with van der Waals surface area (Å²) in [7, 11) is -2.36. The second kappa shape index (κ2) is 11.5. The van der Waals surface area contributed by atoms with Crippen LogP contribution < -0.4 is 19.8 Å². The molecule has 0 saturated heterocycles. The molecule has 0 aliphatic heterocycles. The number of nitrogens with one attached hydrogen (secondary N) is 2. The lowest BCUT2D eigenvalue weighted by atomic mass is 10.1. The lowest BCUT2D eigenvalue weighted by Crippen LogP contribution is -2.39. The highest BCUT2D eigenvalue weighted by Gasteiger charge is 2.24. The number of ether oxygens (including phenoxy) is 1. The van der Waals surface area contributed by atoms with Crippen LogP contribution in [-0.2, 0) is 14.8 Å². The third kappa shape index (κ3) is 6.92. The van der Waals surface area contributed by atoms with E-state index in [9.17, 15) is 18.0 Å². The average molecular weight is 509 g/mol. The number of hydrogen-bond donors (Lipinski definition) is 2. The summed E-state index contributed by atoms with van der Waals surface area (Å²) in [6.07, 6.45) is 1.02. The van der Waals surface area contributed by atoms with Gasteiger partial charge in [-0.1, -0.05) is 36.4 Å². The smallest absolute Gasteiger partial charge is 0.260 e.